The van der Waals surface area contributed by atoms with E-state index >= 15 is 0 Å². The van der Waals surface area contributed by atoms with Crippen LogP contribution in [0.4, 0.5) is 10.1 Å². The SMILES string of the molecule is Cn1cnc(C2CC3CC(O)(C(C)(C)C(N)=O)CC3C2)c1C(=O)Nc1ccc(F)c(Cl)c1. The predicted octanol–water partition coefficient (Wildman–Crippen LogP) is 3.61. The van der Waals surface area contributed by atoms with E-state index in [1.54, 1.807) is 31.8 Å². The van der Waals surface area contributed by atoms with Gasteiger partial charge in [-0.05, 0) is 69.6 Å². The van der Waals surface area contributed by atoms with Gasteiger partial charge < -0.3 is 20.7 Å². The van der Waals surface area contributed by atoms with Gasteiger partial charge in [0.25, 0.3) is 5.91 Å². The standard InChI is InChI=1S/C23H28ClFN4O3/c1-22(2,21(26)31)23(32)9-13-6-12(7-14(13)10-23)18-19(29(3)11-27-18)20(30)28-15-4-5-17(25)16(24)8-15/h4-5,8,11-14,32H,6-7,9-10H2,1-3H3,(H2,26,31)(H,28,30). The number of imidazole rings is 1. The van der Waals surface area contributed by atoms with E-state index in [1.807, 2.05) is 0 Å². The molecule has 2 unspecified atom stereocenters. The fraction of sp³-hybridized carbons (Fsp3) is 0.522. The Morgan fingerprint density at radius 3 is 2.50 bits per heavy atom. The van der Waals surface area contributed by atoms with Crippen LogP contribution in [0.1, 0.15) is 61.6 Å². The minimum atomic E-state index is -1.12. The van der Waals surface area contributed by atoms with Crippen LogP contribution in [0, 0.1) is 23.1 Å². The molecule has 0 aliphatic heterocycles. The molecule has 2 aliphatic carbocycles. The summed E-state index contributed by atoms with van der Waals surface area (Å²) in [5, 5.41) is 13.9. The molecule has 2 aromatic rings. The van der Waals surface area contributed by atoms with Crippen molar-refractivity contribution in [2.24, 2.45) is 30.0 Å². The zero-order valence-electron chi connectivity index (χ0n) is 18.4. The number of primary amides is 1. The normalized spacial score (nSPS) is 27.4. The molecule has 0 radical (unpaired) electrons. The minimum Gasteiger partial charge on any atom is -0.389 e. The molecular formula is C23H28ClFN4O3. The average molecular weight is 463 g/mol. The van der Waals surface area contributed by atoms with Crippen molar-refractivity contribution in [2.45, 2.75) is 51.0 Å². The maximum atomic E-state index is 13.4. The number of carbonyl (C=O) groups excluding carboxylic acids is 2. The maximum Gasteiger partial charge on any atom is 0.274 e. The van der Waals surface area contributed by atoms with Crippen LogP contribution in [0.25, 0.3) is 0 Å². The molecule has 7 nitrogen and oxygen atoms in total. The highest BCUT2D eigenvalue weighted by Crippen LogP contribution is 2.58. The summed E-state index contributed by atoms with van der Waals surface area (Å²) in [6.45, 7) is 3.41. The van der Waals surface area contributed by atoms with Gasteiger partial charge in [0.15, 0.2) is 0 Å². The van der Waals surface area contributed by atoms with E-state index in [2.05, 4.69) is 10.3 Å². The number of aromatic nitrogens is 2. The smallest absolute Gasteiger partial charge is 0.274 e. The lowest BCUT2D eigenvalue weighted by atomic mass is 9.71. The zero-order chi connectivity index (χ0) is 23.4. The Hall–Kier alpha value is -2.45. The average Bonchev–Trinajstić information content (AvgIpc) is 3.35. The van der Waals surface area contributed by atoms with Gasteiger partial charge in [-0.25, -0.2) is 9.37 Å². The van der Waals surface area contributed by atoms with Gasteiger partial charge in [0.2, 0.25) is 5.91 Å². The predicted molar refractivity (Wildman–Crippen MR) is 119 cm³/mol. The van der Waals surface area contributed by atoms with Gasteiger partial charge in [0, 0.05) is 18.7 Å². The van der Waals surface area contributed by atoms with Crippen LogP contribution >= 0.6 is 11.6 Å². The molecule has 1 heterocycles. The third-order valence-electron chi connectivity index (χ3n) is 7.56. The fourth-order valence-electron chi connectivity index (χ4n) is 5.41. The van der Waals surface area contributed by atoms with Crippen LogP contribution in [-0.4, -0.2) is 32.1 Å². The first-order chi connectivity index (χ1) is 14.9. The van der Waals surface area contributed by atoms with Crippen molar-refractivity contribution in [2.75, 3.05) is 5.32 Å². The summed E-state index contributed by atoms with van der Waals surface area (Å²) in [7, 11) is 1.76. The van der Waals surface area contributed by atoms with Crippen LogP contribution in [0.5, 0.6) is 0 Å². The largest absolute Gasteiger partial charge is 0.389 e. The lowest BCUT2D eigenvalue weighted by molar-refractivity contribution is -0.143. The second kappa shape index (κ2) is 7.85. The first kappa shape index (κ1) is 22.7. The fourth-order valence-corrected chi connectivity index (χ4v) is 5.59. The number of aryl methyl sites for hydroxylation is 1. The summed E-state index contributed by atoms with van der Waals surface area (Å²) in [5.41, 5.74) is 4.99. The van der Waals surface area contributed by atoms with Crippen molar-refractivity contribution >= 4 is 29.1 Å². The molecule has 2 saturated carbocycles. The number of rotatable bonds is 5. The lowest BCUT2D eigenvalue weighted by Gasteiger charge is -2.38. The summed E-state index contributed by atoms with van der Waals surface area (Å²) >= 11 is 5.82. The van der Waals surface area contributed by atoms with Crippen molar-refractivity contribution in [3.05, 3.63) is 46.8 Å². The molecule has 2 aliphatic rings. The molecule has 0 saturated heterocycles. The lowest BCUT2D eigenvalue weighted by Crippen LogP contribution is -2.51. The Balaban J connectivity index is 1.51. The molecule has 4 rings (SSSR count). The zero-order valence-corrected chi connectivity index (χ0v) is 19.1. The van der Waals surface area contributed by atoms with Gasteiger partial charge in [0.05, 0.1) is 28.1 Å². The van der Waals surface area contributed by atoms with Crippen LogP contribution < -0.4 is 11.1 Å². The molecule has 32 heavy (non-hydrogen) atoms. The third-order valence-corrected chi connectivity index (χ3v) is 7.85. The number of hydrogen-bond acceptors (Lipinski definition) is 4. The monoisotopic (exact) mass is 462 g/mol. The summed E-state index contributed by atoms with van der Waals surface area (Å²) in [5.74, 6) is -0.852. The Bertz CT molecular complexity index is 1070. The van der Waals surface area contributed by atoms with Gasteiger partial charge in [0.1, 0.15) is 11.5 Å². The number of halogens is 2. The molecular weight excluding hydrogens is 435 g/mol. The number of carbonyl (C=O) groups is 2. The number of fused-ring (bicyclic) bond motifs is 1. The maximum absolute atomic E-state index is 13.4. The van der Waals surface area contributed by atoms with Crippen LogP contribution in [0.3, 0.4) is 0 Å². The molecule has 0 spiro atoms. The van der Waals surface area contributed by atoms with Crippen LogP contribution in [0.2, 0.25) is 5.02 Å². The molecule has 2 fully saturated rings. The molecule has 2 atom stereocenters. The summed E-state index contributed by atoms with van der Waals surface area (Å²) in [6, 6.07) is 4.03. The van der Waals surface area contributed by atoms with Crippen LogP contribution in [-0.2, 0) is 11.8 Å². The summed E-state index contributed by atoms with van der Waals surface area (Å²) in [4.78, 5) is 29.4. The molecule has 172 valence electrons. The van der Waals surface area contributed by atoms with E-state index in [9.17, 15) is 19.1 Å². The molecule has 4 N–H and O–H groups in total. The first-order valence-corrected chi connectivity index (χ1v) is 11.1. The minimum absolute atomic E-state index is 0.0666. The Labute approximate surface area is 191 Å². The van der Waals surface area contributed by atoms with Crippen molar-refractivity contribution in [1.29, 1.82) is 0 Å². The summed E-state index contributed by atoms with van der Waals surface area (Å²) < 4.78 is 15.1. The quantitative estimate of drug-likeness (QED) is 0.630. The Kier molecular flexibility index (Phi) is 5.57. The molecule has 9 heteroatoms. The van der Waals surface area contributed by atoms with Gasteiger partial charge in [-0.1, -0.05) is 11.6 Å². The molecule has 1 aromatic carbocycles. The van der Waals surface area contributed by atoms with Gasteiger partial charge in [-0.2, -0.15) is 0 Å². The number of aliphatic hydroxyl groups is 1. The van der Waals surface area contributed by atoms with E-state index in [-0.39, 0.29) is 28.7 Å². The number of nitrogens with zero attached hydrogens (tertiary/aromatic N) is 2. The van der Waals surface area contributed by atoms with Gasteiger partial charge in [-0.3, -0.25) is 9.59 Å². The van der Waals surface area contributed by atoms with E-state index in [0.717, 1.165) is 12.8 Å². The van der Waals surface area contributed by atoms with E-state index in [1.165, 1.54) is 18.2 Å². The van der Waals surface area contributed by atoms with Gasteiger partial charge in [-0.15, -0.1) is 0 Å². The third kappa shape index (κ3) is 3.69. The molecule has 1 aromatic heterocycles. The number of anilines is 1. The topological polar surface area (TPSA) is 110 Å². The number of amides is 2. The Morgan fingerprint density at radius 2 is 1.94 bits per heavy atom. The highest BCUT2D eigenvalue weighted by molar-refractivity contribution is 6.31. The van der Waals surface area contributed by atoms with Crippen molar-refractivity contribution in [3.8, 4) is 0 Å². The molecule has 0 bridgehead atoms. The Morgan fingerprint density at radius 1 is 1.31 bits per heavy atom. The highest BCUT2D eigenvalue weighted by Gasteiger charge is 2.57. The number of benzene rings is 1. The van der Waals surface area contributed by atoms with Crippen LogP contribution in [0.15, 0.2) is 24.5 Å². The van der Waals surface area contributed by atoms with E-state index < -0.39 is 22.7 Å². The second-order valence-electron chi connectivity index (χ2n) is 9.79. The number of nitrogens with two attached hydrogens (primary N) is 1. The van der Waals surface area contributed by atoms with Crippen molar-refractivity contribution in [3.63, 3.8) is 0 Å². The molecule has 2 amide bonds. The number of hydrogen-bond donors (Lipinski definition) is 3. The van der Waals surface area contributed by atoms with Crippen molar-refractivity contribution < 1.29 is 19.1 Å². The van der Waals surface area contributed by atoms with E-state index in [0.29, 0.717) is 29.9 Å². The first-order valence-electron chi connectivity index (χ1n) is 10.7. The van der Waals surface area contributed by atoms with E-state index in [4.69, 9.17) is 17.3 Å². The summed E-state index contributed by atoms with van der Waals surface area (Å²) in [6.07, 6.45) is 4.19. The number of nitrogens with one attached hydrogen (secondary N) is 1. The van der Waals surface area contributed by atoms with Crippen molar-refractivity contribution in [1.82, 2.24) is 9.55 Å². The highest BCUT2D eigenvalue weighted by atomic mass is 35.5. The van der Waals surface area contributed by atoms with Gasteiger partial charge >= 0.3 is 0 Å². The second-order valence-corrected chi connectivity index (χ2v) is 10.2.